The van der Waals surface area contributed by atoms with Gasteiger partial charge in [0.1, 0.15) is 6.33 Å². The van der Waals surface area contributed by atoms with E-state index < -0.39 is 11.2 Å². The first kappa shape index (κ1) is 12.1. The number of hydrogen-bond acceptors (Lipinski definition) is 4. The molecule has 1 N–H and O–H groups in total. The summed E-state index contributed by atoms with van der Waals surface area (Å²) in [6.45, 7) is 7.07. The van der Waals surface area contributed by atoms with E-state index in [-0.39, 0.29) is 0 Å². The van der Waals surface area contributed by atoms with Crippen LogP contribution in [0.1, 0.15) is 27.7 Å². The molecule has 15 heavy (non-hydrogen) atoms. The third-order valence-electron chi connectivity index (χ3n) is 2.54. The summed E-state index contributed by atoms with van der Waals surface area (Å²) >= 11 is 0. The van der Waals surface area contributed by atoms with Gasteiger partial charge in [-0.2, -0.15) is 0 Å². The minimum absolute atomic E-state index is 0.664. The van der Waals surface area contributed by atoms with Crippen LogP contribution in [0.4, 0.5) is 0 Å². The molecule has 0 saturated carbocycles. The molecule has 0 fully saturated rings. The van der Waals surface area contributed by atoms with Crippen LogP contribution in [0.2, 0.25) is 0 Å². The first-order valence-electron chi connectivity index (χ1n) is 4.81. The molecule has 0 aromatic carbocycles. The van der Waals surface area contributed by atoms with Gasteiger partial charge in [0, 0.05) is 12.4 Å². The van der Waals surface area contributed by atoms with Gasteiger partial charge in [-0.25, -0.2) is 9.97 Å². The van der Waals surface area contributed by atoms with E-state index >= 15 is 0 Å². The Labute approximate surface area is 91.0 Å². The van der Waals surface area contributed by atoms with Crippen LogP contribution in [0.3, 0.4) is 0 Å². The molecule has 1 aromatic rings. The summed E-state index contributed by atoms with van der Waals surface area (Å²) in [5, 5.41) is 9.85. The summed E-state index contributed by atoms with van der Waals surface area (Å²) in [5.74, 6) is 0. The summed E-state index contributed by atoms with van der Waals surface area (Å²) < 4.78 is 5.52. The monoisotopic (exact) mass is 207 g/mol. The molecule has 0 unspecified atom stereocenters. The standard InChI is InChI=1S/C10H16BN2O2/c1-9(2,14)10(3,4)15-11-8-5-12-7-13-6-8/h5-7,14H,1-4H3. The lowest BCUT2D eigenvalue weighted by molar-refractivity contribution is -0.0893. The van der Waals surface area contributed by atoms with Gasteiger partial charge in [-0.3, -0.25) is 0 Å². The molecule has 0 bridgehead atoms. The van der Waals surface area contributed by atoms with Crippen molar-refractivity contribution >= 4 is 12.9 Å². The van der Waals surface area contributed by atoms with E-state index in [1.807, 2.05) is 13.8 Å². The number of rotatable bonds is 4. The molecule has 1 rings (SSSR count). The Morgan fingerprint density at radius 2 is 1.73 bits per heavy atom. The molecule has 0 spiro atoms. The lowest BCUT2D eigenvalue weighted by atomic mass is 9.84. The second kappa shape index (κ2) is 4.29. The van der Waals surface area contributed by atoms with Crippen molar-refractivity contribution in [2.24, 2.45) is 0 Å². The van der Waals surface area contributed by atoms with E-state index in [4.69, 9.17) is 4.65 Å². The van der Waals surface area contributed by atoms with E-state index in [1.165, 1.54) is 6.33 Å². The largest absolute Gasteiger partial charge is 0.427 e. The Morgan fingerprint density at radius 1 is 1.20 bits per heavy atom. The van der Waals surface area contributed by atoms with Gasteiger partial charge in [-0.15, -0.1) is 0 Å². The van der Waals surface area contributed by atoms with Crippen LogP contribution in [0.15, 0.2) is 18.7 Å². The van der Waals surface area contributed by atoms with Gasteiger partial charge in [-0.1, -0.05) is 0 Å². The van der Waals surface area contributed by atoms with Crippen LogP contribution >= 0.6 is 0 Å². The van der Waals surface area contributed by atoms with Crippen LogP contribution in [-0.4, -0.2) is 33.8 Å². The van der Waals surface area contributed by atoms with Crippen LogP contribution in [0.5, 0.6) is 0 Å². The summed E-state index contributed by atoms with van der Waals surface area (Å²) in [4.78, 5) is 7.73. The fourth-order valence-electron chi connectivity index (χ4n) is 0.731. The van der Waals surface area contributed by atoms with Crippen molar-refractivity contribution in [2.75, 3.05) is 0 Å². The van der Waals surface area contributed by atoms with Crippen molar-refractivity contribution < 1.29 is 9.76 Å². The zero-order valence-electron chi connectivity index (χ0n) is 9.56. The molecule has 0 aliphatic rings. The molecule has 0 aliphatic heterocycles. The minimum Gasteiger partial charge on any atom is -0.427 e. The topological polar surface area (TPSA) is 55.2 Å². The summed E-state index contributed by atoms with van der Waals surface area (Å²) in [5.41, 5.74) is -0.808. The normalized spacial score (nSPS) is 12.6. The number of hydrogen-bond donors (Lipinski definition) is 1. The minimum atomic E-state index is -0.918. The fourth-order valence-corrected chi connectivity index (χ4v) is 0.731. The van der Waals surface area contributed by atoms with Crippen molar-refractivity contribution in [3.05, 3.63) is 18.7 Å². The molecule has 0 amide bonds. The first-order chi connectivity index (χ1) is 6.83. The highest BCUT2D eigenvalue weighted by molar-refractivity contribution is 6.46. The van der Waals surface area contributed by atoms with Crippen molar-refractivity contribution in [1.29, 1.82) is 0 Å². The Morgan fingerprint density at radius 3 is 2.20 bits per heavy atom. The number of aliphatic hydroxyl groups is 1. The van der Waals surface area contributed by atoms with Crippen molar-refractivity contribution in [1.82, 2.24) is 9.97 Å². The zero-order valence-corrected chi connectivity index (χ0v) is 9.56. The van der Waals surface area contributed by atoms with E-state index in [9.17, 15) is 5.11 Å². The van der Waals surface area contributed by atoms with E-state index in [0.717, 1.165) is 5.46 Å². The highest BCUT2D eigenvalue weighted by Crippen LogP contribution is 2.23. The highest BCUT2D eigenvalue weighted by atomic mass is 16.5. The summed E-state index contributed by atoms with van der Waals surface area (Å²) in [6, 6.07) is 0. The van der Waals surface area contributed by atoms with Crippen LogP contribution < -0.4 is 5.46 Å². The van der Waals surface area contributed by atoms with Crippen LogP contribution in [0.25, 0.3) is 0 Å². The Hall–Kier alpha value is -0.935. The van der Waals surface area contributed by atoms with Gasteiger partial charge in [0.15, 0.2) is 0 Å². The SMILES string of the molecule is CC(C)(O)C(C)(C)O[B]c1cncnc1. The quantitative estimate of drug-likeness (QED) is 0.721. The molecule has 5 heteroatoms. The lowest BCUT2D eigenvalue weighted by Crippen LogP contribution is -2.49. The van der Waals surface area contributed by atoms with Crippen molar-refractivity contribution in [3.63, 3.8) is 0 Å². The molecule has 1 aromatic heterocycles. The van der Waals surface area contributed by atoms with Crippen molar-refractivity contribution in [2.45, 2.75) is 38.9 Å². The Bertz CT molecular complexity index is 309. The second-order valence-corrected chi connectivity index (χ2v) is 4.48. The van der Waals surface area contributed by atoms with Gasteiger partial charge < -0.3 is 9.76 Å². The van der Waals surface area contributed by atoms with E-state index in [1.54, 1.807) is 33.7 Å². The van der Waals surface area contributed by atoms with Crippen LogP contribution in [0, 0.1) is 0 Å². The van der Waals surface area contributed by atoms with E-state index in [2.05, 4.69) is 9.97 Å². The highest BCUT2D eigenvalue weighted by Gasteiger charge is 2.35. The number of aromatic nitrogens is 2. The van der Waals surface area contributed by atoms with Gasteiger partial charge in [0.2, 0.25) is 0 Å². The molecule has 4 nitrogen and oxygen atoms in total. The Balaban J connectivity index is 2.58. The molecule has 1 radical (unpaired) electrons. The third-order valence-corrected chi connectivity index (χ3v) is 2.54. The molecule has 0 aliphatic carbocycles. The lowest BCUT2D eigenvalue weighted by Gasteiger charge is -2.37. The third kappa shape index (κ3) is 3.29. The van der Waals surface area contributed by atoms with Gasteiger partial charge >= 0.3 is 7.48 Å². The summed E-state index contributed by atoms with van der Waals surface area (Å²) in [6.07, 6.45) is 4.75. The molecule has 1 heterocycles. The fraction of sp³-hybridized carbons (Fsp3) is 0.600. The maximum absolute atomic E-state index is 9.85. The van der Waals surface area contributed by atoms with Crippen molar-refractivity contribution in [3.8, 4) is 0 Å². The van der Waals surface area contributed by atoms with Crippen LogP contribution in [-0.2, 0) is 4.65 Å². The molecule has 81 valence electrons. The Kier molecular flexibility index (Phi) is 3.47. The maximum Gasteiger partial charge on any atom is 0.334 e. The van der Waals surface area contributed by atoms with Gasteiger partial charge in [0.25, 0.3) is 0 Å². The average molecular weight is 207 g/mol. The first-order valence-corrected chi connectivity index (χ1v) is 4.81. The maximum atomic E-state index is 9.85. The molecule has 0 saturated heterocycles. The average Bonchev–Trinajstić information content (AvgIpc) is 2.15. The molecular weight excluding hydrogens is 191 g/mol. The smallest absolute Gasteiger partial charge is 0.334 e. The van der Waals surface area contributed by atoms with Gasteiger partial charge in [0.05, 0.1) is 11.2 Å². The summed E-state index contributed by atoms with van der Waals surface area (Å²) in [7, 11) is 1.55. The van der Waals surface area contributed by atoms with E-state index in [0.29, 0.717) is 0 Å². The predicted octanol–water partition coefficient (Wildman–Crippen LogP) is 0.287. The zero-order chi connectivity index (χ0) is 11.5. The molecule has 0 atom stereocenters. The van der Waals surface area contributed by atoms with Gasteiger partial charge in [-0.05, 0) is 33.2 Å². The second-order valence-electron chi connectivity index (χ2n) is 4.48. The predicted molar refractivity (Wildman–Crippen MR) is 58.9 cm³/mol. The molecular formula is C10H16BN2O2. The number of nitrogens with zero attached hydrogens (tertiary/aromatic N) is 2.